The second-order valence-electron chi connectivity index (χ2n) is 11.9. The summed E-state index contributed by atoms with van der Waals surface area (Å²) in [5.74, 6) is 3.94. The van der Waals surface area contributed by atoms with Gasteiger partial charge in [-0.2, -0.15) is 0 Å². The quantitative estimate of drug-likeness (QED) is 0.192. The van der Waals surface area contributed by atoms with Crippen molar-refractivity contribution >= 4 is 45.3 Å². The topological polar surface area (TPSA) is 55.7 Å². The molecule has 10 rings (SSSR count). The van der Waals surface area contributed by atoms with Crippen LogP contribution in [0.15, 0.2) is 164 Å². The fourth-order valence-corrected chi connectivity index (χ4v) is 6.88. The molecule has 7 nitrogen and oxygen atoms in total. The highest BCUT2D eigenvalue weighted by Crippen LogP contribution is 2.54. The molecule has 2 aliphatic rings. The molecule has 8 aromatic rings. The maximum absolute atomic E-state index is 6.41. The van der Waals surface area contributed by atoms with E-state index in [1.54, 1.807) is 0 Å². The summed E-state index contributed by atoms with van der Waals surface area (Å²) in [6.45, 7) is 0. The van der Waals surface area contributed by atoms with Crippen LogP contribution in [0.2, 0.25) is 0 Å². The van der Waals surface area contributed by atoms with Crippen LogP contribution in [0, 0.1) is 0 Å². The molecule has 6 aromatic carbocycles. The van der Waals surface area contributed by atoms with E-state index in [1.165, 1.54) is 0 Å². The predicted octanol–water partition coefficient (Wildman–Crippen LogP) is 11.2. The summed E-state index contributed by atoms with van der Waals surface area (Å²) in [6, 6.07) is 53.5. The molecule has 0 amide bonds. The number of anilines is 6. The fraction of sp³-hybridized carbons (Fsp3) is 0. The molecule has 0 spiro atoms. The number of fused-ring (bicyclic) bond motifs is 5. The van der Waals surface area contributed by atoms with Crippen LogP contribution in [0.3, 0.4) is 0 Å². The van der Waals surface area contributed by atoms with Crippen molar-refractivity contribution < 1.29 is 9.47 Å². The van der Waals surface area contributed by atoms with Gasteiger partial charge in [0.1, 0.15) is 11.3 Å². The number of para-hydroxylation sites is 9. The summed E-state index contributed by atoms with van der Waals surface area (Å²) in [5.41, 5.74) is 9.23. The Morgan fingerprint density at radius 1 is 0.429 bits per heavy atom. The standard InChI is InChI=1S/C42H27N5O2/c1-2-13-29(14-3-1)47-41(44-32-15-12-24-43-42(32)47)28-25-30(45-33-16-4-8-20-37(33)48-38-21-9-5-17-34(38)45)27-31(26-28)46-35-18-6-10-22-39(35)49-40-23-11-7-19-36(40)46/h1-27H. The maximum atomic E-state index is 6.41. The summed E-state index contributed by atoms with van der Waals surface area (Å²) in [7, 11) is 0. The van der Waals surface area contributed by atoms with E-state index in [1.807, 2.05) is 109 Å². The molecular weight excluding hydrogens is 606 g/mol. The molecule has 0 saturated carbocycles. The van der Waals surface area contributed by atoms with Crippen LogP contribution in [-0.2, 0) is 0 Å². The van der Waals surface area contributed by atoms with E-state index in [9.17, 15) is 0 Å². The highest BCUT2D eigenvalue weighted by molar-refractivity contribution is 5.93. The molecule has 0 unspecified atom stereocenters. The van der Waals surface area contributed by atoms with Gasteiger partial charge in [-0.1, -0.05) is 66.7 Å². The number of ether oxygens (including phenoxy) is 2. The largest absolute Gasteiger partial charge is 0.453 e. The summed E-state index contributed by atoms with van der Waals surface area (Å²) in [6.07, 6.45) is 1.82. The first-order valence-corrected chi connectivity index (χ1v) is 16.2. The molecule has 232 valence electrons. The lowest BCUT2D eigenvalue weighted by Crippen LogP contribution is -2.18. The predicted molar refractivity (Wildman–Crippen MR) is 194 cm³/mol. The van der Waals surface area contributed by atoms with Crippen molar-refractivity contribution in [3.05, 3.63) is 164 Å². The Morgan fingerprint density at radius 2 is 0.898 bits per heavy atom. The van der Waals surface area contributed by atoms with Crippen molar-refractivity contribution in [1.82, 2.24) is 14.5 Å². The Bertz CT molecular complexity index is 2340. The minimum atomic E-state index is 0.785. The Labute approximate surface area is 282 Å². The SMILES string of the molecule is c1ccc(-n2c(-c3cc(N4c5ccccc5Oc5ccccc54)cc(N4c5ccccc5Oc5ccccc54)c3)nc3cccnc32)cc1. The zero-order chi connectivity index (χ0) is 32.3. The third-order valence-corrected chi connectivity index (χ3v) is 8.97. The lowest BCUT2D eigenvalue weighted by atomic mass is 10.1. The molecule has 4 heterocycles. The van der Waals surface area contributed by atoms with Gasteiger partial charge in [0.25, 0.3) is 0 Å². The van der Waals surface area contributed by atoms with Crippen molar-refractivity contribution in [2.24, 2.45) is 0 Å². The molecule has 2 aliphatic heterocycles. The number of nitrogens with zero attached hydrogens (tertiary/aromatic N) is 5. The molecule has 2 aromatic heterocycles. The van der Waals surface area contributed by atoms with Gasteiger partial charge in [-0.25, -0.2) is 9.97 Å². The summed E-state index contributed by atoms with van der Waals surface area (Å²) in [5, 5.41) is 0. The first kappa shape index (κ1) is 27.3. The van der Waals surface area contributed by atoms with Crippen LogP contribution in [0.1, 0.15) is 0 Å². The van der Waals surface area contributed by atoms with Crippen molar-refractivity contribution in [3.63, 3.8) is 0 Å². The van der Waals surface area contributed by atoms with Crippen molar-refractivity contribution in [3.8, 4) is 40.1 Å². The summed E-state index contributed by atoms with van der Waals surface area (Å²) < 4.78 is 15.0. The highest BCUT2D eigenvalue weighted by atomic mass is 16.5. The monoisotopic (exact) mass is 633 g/mol. The van der Waals surface area contributed by atoms with Crippen molar-refractivity contribution in [1.29, 1.82) is 0 Å². The molecule has 0 radical (unpaired) electrons. The summed E-state index contributed by atoms with van der Waals surface area (Å²) >= 11 is 0. The van der Waals surface area contributed by atoms with Crippen molar-refractivity contribution in [2.75, 3.05) is 9.80 Å². The maximum Gasteiger partial charge on any atom is 0.164 e. The van der Waals surface area contributed by atoms with E-state index in [0.29, 0.717) is 0 Å². The molecule has 49 heavy (non-hydrogen) atoms. The summed E-state index contributed by atoms with van der Waals surface area (Å²) in [4.78, 5) is 14.6. The Morgan fingerprint density at radius 3 is 1.41 bits per heavy atom. The van der Waals surface area contributed by atoms with Crippen LogP contribution < -0.4 is 19.3 Å². The molecule has 0 bridgehead atoms. The van der Waals surface area contributed by atoms with Gasteiger partial charge in [-0.15, -0.1) is 0 Å². The smallest absolute Gasteiger partial charge is 0.164 e. The van der Waals surface area contributed by atoms with Gasteiger partial charge >= 0.3 is 0 Å². The Balaban J connectivity index is 1.29. The molecule has 0 N–H and O–H groups in total. The van der Waals surface area contributed by atoms with Crippen molar-refractivity contribution in [2.45, 2.75) is 0 Å². The average Bonchev–Trinajstić information content (AvgIpc) is 3.56. The van der Waals surface area contributed by atoms with Gasteiger partial charge in [0.2, 0.25) is 0 Å². The van der Waals surface area contributed by atoms with E-state index in [0.717, 1.165) is 85.4 Å². The van der Waals surface area contributed by atoms with Crippen LogP contribution in [-0.4, -0.2) is 14.5 Å². The third kappa shape index (κ3) is 4.37. The zero-order valence-corrected chi connectivity index (χ0v) is 26.1. The van der Waals surface area contributed by atoms with E-state index in [4.69, 9.17) is 19.4 Å². The van der Waals surface area contributed by atoms with Crippen LogP contribution >= 0.6 is 0 Å². The van der Waals surface area contributed by atoms with Gasteiger partial charge < -0.3 is 19.3 Å². The first-order chi connectivity index (χ1) is 24.3. The molecule has 0 atom stereocenters. The number of hydrogen-bond acceptors (Lipinski definition) is 6. The number of benzene rings is 6. The molecular formula is C42H27N5O2. The Hall–Kier alpha value is -6.86. The number of imidazole rings is 1. The van der Waals surface area contributed by atoms with Gasteiger partial charge in [0, 0.05) is 28.8 Å². The van der Waals surface area contributed by atoms with Gasteiger partial charge in [-0.05, 0) is 91.0 Å². The molecule has 0 aliphatic carbocycles. The second-order valence-corrected chi connectivity index (χ2v) is 11.9. The fourth-order valence-electron chi connectivity index (χ4n) is 6.88. The van der Waals surface area contributed by atoms with Crippen LogP contribution in [0.4, 0.5) is 34.1 Å². The van der Waals surface area contributed by atoms with Gasteiger partial charge in [-0.3, -0.25) is 4.57 Å². The lowest BCUT2D eigenvalue weighted by Gasteiger charge is -2.35. The van der Waals surface area contributed by atoms with Crippen LogP contribution in [0.5, 0.6) is 23.0 Å². The minimum Gasteiger partial charge on any atom is -0.453 e. The normalized spacial score (nSPS) is 12.7. The first-order valence-electron chi connectivity index (χ1n) is 16.2. The lowest BCUT2D eigenvalue weighted by molar-refractivity contribution is 0.477. The number of rotatable bonds is 4. The average molecular weight is 634 g/mol. The molecule has 0 fully saturated rings. The van der Waals surface area contributed by atoms with Gasteiger partial charge in [0.15, 0.2) is 28.6 Å². The number of aromatic nitrogens is 3. The Kier molecular flexibility index (Phi) is 6.04. The van der Waals surface area contributed by atoms with Crippen LogP contribution in [0.25, 0.3) is 28.2 Å². The van der Waals surface area contributed by atoms with E-state index in [-0.39, 0.29) is 0 Å². The minimum absolute atomic E-state index is 0.785. The van der Waals surface area contributed by atoms with E-state index in [2.05, 4.69) is 69.0 Å². The van der Waals surface area contributed by atoms with Gasteiger partial charge in [0.05, 0.1) is 22.7 Å². The number of pyridine rings is 1. The molecule has 0 saturated heterocycles. The van der Waals surface area contributed by atoms with E-state index < -0.39 is 0 Å². The highest BCUT2D eigenvalue weighted by Gasteiger charge is 2.30. The van der Waals surface area contributed by atoms with E-state index >= 15 is 0 Å². The molecule has 7 heteroatoms. The zero-order valence-electron chi connectivity index (χ0n) is 26.1. The second kappa shape index (κ2) is 10.9. The third-order valence-electron chi connectivity index (χ3n) is 8.97. The number of hydrogen-bond donors (Lipinski definition) is 0.